The van der Waals surface area contributed by atoms with Crippen LogP contribution in [0, 0.1) is 0 Å². The standard InChI is InChI=1S/C23H23Cl2N3O3/c1-26-20-19(16-4-2-5-18(25)12-16)14-27(13-15-6-8-17(24)9-7-15)21(20)22(30)28(23(26)31)10-3-11-29/h2,4-9,12,14,23,29,31H,3,10-11,13H2,1H3. The molecule has 162 valence electrons. The molecule has 0 aliphatic carbocycles. The van der Waals surface area contributed by atoms with Gasteiger partial charge in [-0.15, -0.1) is 0 Å². The topological polar surface area (TPSA) is 68.9 Å². The molecule has 0 radical (unpaired) electrons. The van der Waals surface area contributed by atoms with Crippen molar-refractivity contribution < 1.29 is 15.0 Å². The average Bonchev–Trinajstić information content (AvgIpc) is 3.13. The van der Waals surface area contributed by atoms with Gasteiger partial charge in [-0.3, -0.25) is 9.69 Å². The number of amides is 1. The average molecular weight is 460 g/mol. The number of aliphatic hydroxyl groups excluding tert-OH is 2. The minimum atomic E-state index is -1.13. The predicted molar refractivity (Wildman–Crippen MR) is 123 cm³/mol. The van der Waals surface area contributed by atoms with Gasteiger partial charge in [-0.05, 0) is 41.8 Å². The van der Waals surface area contributed by atoms with Gasteiger partial charge < -0.3 is 19.7 Å². The van der Waals surface area contributed by atoms with Gasteiger partial charge in [0.1, 0.15) is 5.69 Å². The molecule has 2 N–H and O–H groups in total. The highest BCUT2D eigenvalue weighted by Gasteiger charge is 2.39. The number of anilines is 1. The Kier molecular flexibility index (Phi) is 6.25. The lowest BCUT2D eigenvalue weighted by atomic mass is 10.0. The van der Waals surface area contributed by atoms with Crippen molar-refractivity contribution in [3.8, 4) is 11.1 Å². The molecule has 0 fully saturated rings. The maximum atomic E-state index is 13.4. The quantitative estimate of drug-likeness (QED) is 0.582. The Balaban J connectivity index is 1.86. The Labute approximate surface area is 190 Å². The van der Waals surface area contributed by atoms with Crippen LogP contribution >= 0.6 is 23.2 Å². The largest absolute Gasteiger partial charge is 0.396 e. The Hall–Kier alpha value is -2.51. The lowest BCUT2D eigenvalue weighted by Crippen LogP contribution is -2.54. The van der Waals surface area contributed by atoms with E-state index in [1.807, 2.05) is 53.2 Å². The van der Waals surface area contributed by atoms with Crippen LogP contribution in [0.15, 0.2) is 54.7 Å². The zero-order valence-electron chi connectivity index (χ0n) is 17.0. The van der Waals surface area contributed by atoms with Gasteiger partial charge in [0, 0.05) is 48.5 Å². The van der Waals surface area contributed by atoms with E-state index in [9.17, 15) is 15.0 Å². The summed E-state index contributed by atoms with van der Waals surface area (Å²) in [6.07, 6.45) is 1.17. The van der Waals surface area contributed by atoms with Gasteiger partial charge in [0.15, 0.2) is 0 Å². The molecule has 3 aromatic rings. The molecular formula is C23H23Cl2N3O3. The fourth-order valence-corrected chi connectivity index (χ4v) is 4.24. The van der Waals surface area contributed by atoms with Gasteiger partial charge in [0.25, 0.3) is 5.91 Å². The molecule has 1 aromatic heterocycles. The Morgan fingerprint density at radius 1 is 1.06 bits per heavy atom. The highest BCUT2D eigenvalue weighted by Crippen LogP contribution is 2.41. The number of fused-ring (bicyclic) bond motifs is 1. The molecule has 6 nitrogen and oxygen atoms in total. The molecule has 1 aliphatic heterocycles. The van der Waals surface area contributed by atoms with E-state index in [0.29, 0.717) is 34.4 Å². The van der Waals surface area contributed by atoms with Crippen LogP contribution in [0.25, 0.3) is 11.1 Å². The maximum absolute atomic E-state index is 13.4. The number of carbonyl (C=O) groups excluding carboxylic acids is 1. The molecule has 1 aliphatic rings. The molecule has 8 heteroatoms. The number of halogens is 2. The fourth-order valence-electron chi connectivity index (χ4n) is 3.93. The number of carbonyl (C=O) groups is 1. The van der Waals surface area contributed by atoms with E-state index in [4.69, 9.17) is 23.2 Å². The molecule has 0 saturated carbocycles. The first kappa shape index (κ1) is 21.7. The van der Waals surface area contributed by atoms with Crippen molar-refractivity contribution in [1.82, 2.24) is 9.47 Å². The second kappa shape index (κ2) is 8.93. The molecule has 1 unspecified atom stereocenters. The predicted octanol–water partition coefficient (Wildman–Crippen LogP) is 4.06. The summed E-state index contributed by atoms with van der Waals surface area (Å²) in [6, 6.07) is 14.9. The Bertz CT molecular complexity index is 1100. The van der Waals surface area contributed by atoms with E-state index in [2.05, 4.69) is 0 Å². The highest BCUT2D eigenvalue weighted by molar-refractivity contribution is 6.31. The molecule has 4 rings (SSSR count). The summed E-state index contributed by atoms with van der Waals surface area (Å²) >= 11 is 12.2. The van der Waals surface area contributed by atoms with Crippen LogP contribution < -0.4 is 4.90 Å². The van der Waals surface area contributed by atoms with Gasteiger partial charge in [-0.1, -0.05) is 47.5 Å². The van der Waals surface area contributed by atoms with E-state index in [1.165, 1.54) is 4.90 Å². The maximum Gasteiger partial charge on any atom is 0.276 e. The molecule has 0 spiro atoms. The SMILES string of the molecule is CN1c2c(-c3cccc(Cl)c3)cn(Cc3ccc(Cl)cc3)c2C(=O)N(CCCO)C1O. The van der Waals surface area contributed by atoms with Crippen molar-refractivity contribution in [2.75, 3.05) is 25.1 Å². The summed E-state index contributed by atoms with van der Waals surface area (Å²) in [7, 11) is 1.75. The summed E-state index contributed by atoms with van der Waals surface area (Å²) in [4.78, 5) is 16.5. The van der Waals surface area contributed by atoms with E-state index in [-0.39, 0.29) is 19.1 Å². The van der Waals surface area contributed by atoms with E-state index in [0.717, 1.165) is 16.7 Å². The van der Waals surface area contributed by atoms with Crippen LogP contribution in [0.1, 0.15) is 22.5 Å². The highest BCUT2D eigenvalue weighted by atomic mass is 35.5. The number of benzene rings is 2. The summed E-state index contributed by atoms with van der Waals surface area (Å²) in [5.74, 6) is -0.281. The molecular weight excluding hydrogens is 437 g/mol. The van der Waals surface area contributed by atoms with Crippen molar-refractivity contribution >= 4 is 34.8 Å². The first-order valence-corrected chi connectivity index (χ1v) is 10.7. The van der Waals surface area contributed by atoms with Gasteiger partial charge >= 0.3 is 0 Å². The zero-order chi connectivity index (χ0) is 22.1. The molecule has 0 bridgehead atoms. The molecule has 31 heavy (non-hydrogen) atoms. The molecule has 1 amide bonds. The van der Waals surface area contributed by atoms with E-state index < -0.39 is 6.35 Å². The number of aliphatic hydroxyl groups is 2. The third-order valence-electron chi connectivity index (χ3n) is 5.45. The number of hydrogen-bond acceptors (Lipinski definition) is 4. The van der Waals surface area contributed by atoms with Crippen molar-refractivity contribution in [1.29, 1.82) is 0 Å². The molecule has 0 saturated heterocycles. The third kappa shape index (κ3) is 4.16. The van der Waals surface area contributed by atoms with Crippen molar-refractivity contribution in [2.24, 2.45) is 0 Å². The second-order valence-corrected chi connectivity index (χ2v) is 8.41. The number of hydrogen-bond donors (Lipinski definition) is 2. The van der Waals surface area contributed by atoms with Gasteiger partial charge in [-0.25, -0.2) is 0 Å². The van der Waals surface area contributed by atoms with Gasteiger partial charge in [0.2, 0.25) is 6.35 Å². The Morgan fingerprint density at radius 2 is 1.81 bits per heavy atom. The van der Waals surface area contributed by atoms with Crippen LogP contribution in [0.4, 0.5) is 5.69 Å². The first-order chi connectivity index (χ1) is 14.9. The molecule has 2 aromatic carbocycles. The first-order valence-electron chi connectivity index (χ1n) is 9.97. The van der Waals surface area contributed by atoms with Crippen LogP contribution in [0.3, 0.4) is 0 Å². The summed E-state index contributed by atoms with van der Waals surface area (Å²) in [6.45, 7) is 0.648. The zero-order valence-corrected chi connectivity index (χ0v) is 18.5. The number of nitrogens with zero attached hydrogens (tertiary/aromatic N) is 3. The minimum absolute atomic E-state index is 0.0629. The lowest BCUT2D eigenvalue weighted by molar-refractivity contribution is 0.00154. The van der Waals surface area contributed by atoms with E-state index >= 15 is 0 Å². The number of aromatic nitrogens is 1. The molecule has 2 heterocycles. The van der Waals surface area contributed by atoms with Crippen LogP contribution in [-0.4, -0.2) is 52.1 Å². The normalized spacial score (nSPS) is 16.0. The summed E-state index contributed by atoms with van der Waals surface area (Å²) < 4.78 is 1.89. The smallest absolute Gasteiger partial charge is 0.276 e. The second-order valence-electron chi connectivity index (χ2n) is 7.54. The van der Waals surface area contributed by atoms with Crippen molar-refractivity contribution in [2.45, 2.75) is 19.3 Å². The lowest BCUT2D eigenvalue weighted by Gasteiger charge is -2.40. The molecule has 1 atom stereocenters. The number of rotatable bonds is 6. The van der Waals surface area contributed by atoms with Gasteiger partial charge in [-0.2, -0.15) is 0 Å². The Morgan fingerprint density at radius 3 is 2.48 bits per heavy atom. The van der Waals surface area contributed by atoms with Crippen LogP contribution in [0.2, 0.25) is 10.0 Å². The third-order valence-corrected chi connectivity index (χ3v) is 5.94. The summed E-state index contributed by atoms with van der Waals surface area (Å²) in [5.41, 5.74) is 3.78. The van der Waals surface area contributed by atoms with Crippen molar-refractivity contribution in [3.63, 3.8) is 0 Å². The monoisotopic (exact) mass is 459 g/mol. The fraction of sp³-hybridized carbons (Fsp3) is 0.261. The van der Waals surface area contributed by atoms with Crippen LogP contribution in [-0.2, 0) is 6.54 Å². The van der Waals surface area contributed by atoms with E-state index in [1.54, 1.807) is 18.0 Å². The van der Waals surface area contributed by atoms with Crippen molar-refractivity contribution in [3.05, 3.63) is 76.0 Å². The minimum Gasteiger partial charge on any atom is -0.396 e. The van der Waals surface area contributed by atoms with Crippen LogP contribution in [0.5, 0.6) is 0 Å². The van der Waals surface area contributed by atoms with Gasteiger partial charge in [0.05, 0.1) is 5.69 Å². The summed E-state index contributed by atoms with van der Waals surface area (Å²) in [5, 5.41) is 21.3.